The smallest absolute Gasteiger partial charge is 0.0931 e. The van der Waals surface area contributed by atoms with Crippen molar-refractivity contribution in [3.63, 3.8) is 0 Å². The minimum atomic E-state index is 0.0798. The average molecular weight is 247 g/mol. The van der Waals surface area contributed by atoms with Crippen LogP contribution >= 0.6 is 22.9 Å². The molecule has 1 aromatic heterocycles. The first-order valence-corrected chi connectivity index (χ1v) is 6.37. The maximum absolute atomic E-state index is 5.90. The summed E-state index contributed by atoms with van der Waals surface area (Å²) in [5.41, 5.74) is 5.89. The fourth-order valence-electron chi connectivity index (χ4n) is 1.43. The Balaban J connectivity index is 2.65. The highest BCUT2D eigenvalue weighted by Crippen LogP contribution is 2.25. The van der Waals surface area contributed by atoms with Crippen LogP contribution in [0.1, 0.15) is 25.1 Å². The van der Waals surface area contributed by atoms with Gasteiger partial charge in [0.05, 0.1) is 4.34 Å². The highest BCUT2D eigenvalue weighted by atomic mass is 35.5. The molecule has 0 aliphatic heterocycles. The Kier molecular flexibility index (Phi) is 4.59. The number of halogens is 1. The van der Waals surface area contributed by atoms with E-state index in [-0.39, 0.29) is 5.54 Å². The molecule has 4 heteroatoms. The summed E-state index contributed by atoms with van der Waals surface area (Å²) in [5.74, 6) is 0. The molecule has 0 bridgehead atoms. The first-order valence-electron chi connectivity index (χ1n) is 5.17. The fourth-order valence-corrected chi connectivity index (χ4v) is 2.57. The van der Waals surface area contributed by atoms with Gasteiger partial charge in [-0.05, 0) is 32.5 Å². The Labute approximate surface area is 101 Å². The van der Waals surface area contributed by atoms with Gasteiger partial charge in [-0.3, -0.25) is 4.90 Å². The molecule has 0 spiro atoms. The summed E-state index contributed by atoms with van der Waals surface area (Å²) in [7, 11) is 2.12. The second-order valence-corrected chi connectivity index (χ2v) is 5.92. The van der Waals surface area contributed by atoms with Crippen molar-refractivity contribution >= 4 is 22.9 Å². The van der Waals surface area contributed by atoms with Gasteiger partial charge >= 0.3 is 0 Å². The lowest BCUT2D eigenvalue weighted by Crippen LogP contribution is -2.48. The van der Waals surface area contributed by atoms with E-state index in [1.807, 2.05) is 6.07 Å². The zero-order valence-electron chi connectivity index (χ0n) is 9.59. The van der Waals surface area contributed by atoms with Gasteiger partial charge < -0.3 is 5.73 Å². The molecule has 0 amide bonds. The van der Waals surface area contributed by atoms with Crippen molar-refractivity contribution in [3.05, 3.63) is 21.3 Å². The molecule has 1 heterocycles. The van der Waals surface area contributed by atoms with Crippen LogP contribution in [0.15, 0.2) is 12.1 Å². The summed E-state index contributed by atoms with van der Waals surface area (Å²) in [6.07, 6.45) is 1.05. The zero-order valence-corrected chi connectivity index (χ0v) is 11.2. The van der Waals surface area contributed by atoms with E-state index in [2.05, 4.69) is 31.9 Å². The minimum Gasteiger partial charge on any atom is -0.329 e. The quantitative estimate of drug-likeness (QED) is 0.866. The minimum absolute atomic E-state index is 0.0798. The predicted octanol–water partition coefficient (Wildman–Crippen LogP) is 2.96. The lowest BCUT2D eigenvalue weighted by molar-refractivity contribution is 0.133. The summed E-state index contributed by atoms with van der Waals surface area (Å²) in [6, 6.07) is 4.03. The Morgan fingerprint density at radius 1 is 1.53 bits per heavy atom. The van der Waals surface area contributed by atoms with E-state index in [1.54, 1.807) is 11.3 Å². The van der Waals surface area contributed by atoms with E-state index in [9.17, 15) is 0 Å². The van der Waals surface area contributed by atoms with Crippen LogP contribution in [0.2, 0.25) is 4.34 Å². The van der Waals surface area contributed by atoms with Crippen molar-refractivity contribution < 1.29 is 0 Å². The van der Waals surface area contributed by atoms with E-state index in [0.29, 0.717) is 6.54 Å². The maximum Gasteiger partial charge on any atom is 0.0931 e. The lowest BCUT2D eigenvalue weighted by Gasteiger charge is -2.37. The highest BCUT2D eigenvalue weighted by Gasteiger charge is 2.25. The Bertz CT molecular complexity index is 307. The van der Waals surface area contributed by atoms with Crippen LogP contribution < -0.4 is 5.73 Å². The molecule has 0 saturated carbocycles. The second kappa shape index (κ2) is 5.30. The van der Waals surface area contributed by atoms with Crippen LogP contribution in [-0.4, -0.2) is 24.0 Å². The van der Waals surface area contributed by atoms with Gasteiger partial charge in [0.1, 0.15) is 0 Å². The Morgan fingerprint density at radius 2 is 2.20 bits per heavy atom. The average Bonchev–Trinajstić information content (AvgIpc) is 2.62. The number of thiophene rings is 1. The number of rotatable bonds is 5. The SMILES string of the molecule is CCC(C)(CN)N(C)Cc1ccc(Cl)s1. The molecule has 0 aliphatic rings. The van der Waals surface area contributed by atoms with Crippen LogP contribution in [0.4, 0.5) is 0 Å². The number of nitrogens with zero attached hydrogens (tertiary/aromatic N) is 1. The molecule has 0 aliphatic carbocycles. The van der Waals surface area contributed by atoms with Gasteiger partial charge in [-0.1, -0.05) is 18.5 Å². The van der Waals surface area contributed by atoms with E-state index in [4.69, 9.17) is 17.3 Å². The van der Waals surface area contributed by atoms with Gasteiger partial charge in [0.25, 0.3) is 0 Å². The molecule has 0 aromatic carbocycles. The van der Waals surface area contributed by atoms with Gasteiger partial charge in [0.2, 0.25) is 0 Å². The Hall–Kier alpha value is -0.0900. The number of hydrogen-bond donors (Lipinski definition) is 1. The van der Waals surface area contributed by atoms with Crippen molar-refractivity contribution in [1.29, 1.82) is 0 Å². The van der Waals surface area contributed by atoms with Crippen LogP contribution in [-0.2, 0) is 6.54 Å². The van der Waals surface area contributed by atoms with Crippen molar-refractivity contribution in [3.8, 4) is 0 Å². The monoisotopic (exact) mass is 246 g/mol. The second-order valence-electron chi connectivity index (χ2n) is 4.12. The molecule has 2 nitrogen and oxygen atoms in total. The largest absolute Gasteiger partial charge is 0.329 e. The van der Waals surface area contributed by atoms with E-state index >= 15 is 0 Å². The lowest BCUT2D eigenvalue weighted by atomic mass is 9.97. The molecule has 15 heavy (non-hydrogen) atoms. The predicted molar refractivity (Wildman–Crippen MR) is 68.5 cm³/mol. The van der Waals surface area contributed by atoms with Crippen LogP contribution in [0, 0.1) is 0 Å². The highest BCUT2D eigenvalue weighted by molar-refractivity contribution is 7.16. The van der Waals surface area contributed by atoms with Crippen molar-refractivity contribution in [2.75, 3.05) is 13.6 Å². The standard InChI is InChI=1S/C11H19ClN2S/c1-4-11(2,8-13)14(3)7-9-5-6-10(12)15-9/h5-6H,4,7-8,13H2,1-3H3. The zero-order chi connectivity index (χ0) is 11.5. The summed E-state index contributed by atoms with van der Waals surface area (Å²) in [6.45, 7) is 5.96. The molecule has 0 fully saturated rings. The molecule has 1 atom stereocenters. The molecule has 0 radical (unpaired) electrons. The van der Waals surface area contributed by atoms with Crippen molar-refractivity contribution in [1.82, 2.24) is 4.90 Å². The van der Waals surface area contributed by atoms with Gasteiger partial charge in [0.15, 0.2) is 0 Å². The van der Waals surface area contributed by atoms with Crippen molar-refractivity contribution in [2.24, 2.45) is 5.73 Å². The Morgan fingerprint density at radius 3 is 2.60 bits per heavy atom. The van der Waals surface area contributed by atoms with E-state index < -0.39 is 0 Å². The molecule has 86 valence electrons. The topological polar surface area (TPSA) is 29.3 Å². The normalized spacial score (nSPS) is 15.6. The fraction of sp³-hybridized carbons (Fsp3) is 0.636. The first-order chi connectivity index (χ1) is 7.01. The van der Waals surface area contributed by atoms with E-state index in [0.717, 1.165) is 17.3 Å². The first kappa shape index (κ1) is 13.0. The molecule has 1 rings (SSSR count). The summed E-state index contributed by atoms with van der Waals surface area (Å²) in [4.78, 5) is 3.59. The van der Waals surface area contributed by atoms with E-state index in [1.165, 1.54) is 4.88 Å². The molecule has 1 aromatic rings. The third-order valence-electron chi connectivity index (χ3n) is 3.14. The number of nitrogens with two attached hydrogens (primary N) is 1. The van der Waals surface area contributed by atoms with Crippen LogP contribution in [0.5, 0.6) is 0 Å². The third kappa shape index (κ3) is 3.18. The van der Waals surface area contributed by atoms with Crippen LogP contribution in [0.25, 0.3) is 0 Å². The number of likely N-dealkylation sites (N-methyl/N-ethyl adjacent to an activating group) is 1. The summed E-state index contributed by atoms with van der Waals surface area (Å²) >= 11 is 7.54. The van der Waals surface area contributed by atoms with Gasteiger partial charge in [-0.2, -0.15) is 0 Å². The number of hydrogen-bond acceptors (Lipinski definition) is 3. The molecule has 2 N–H and O–H groups in total. The van der Waals surface area contributed by atoms with Gasteiger partial charge in [0, 0.05) is 23.5 Å². The third-order valence-corrected chi connectivity index (χ3v) is 4.36. The van der Waals surface area contributed by atoms with Crippen molar-refractivity contribution in [2.45, 2.75) is 32.4 Å². The maximum atomic E-state index is 5.90. The summed E-state index contributed by atoms with van der Waals surface area (Å²) < 4.78 is 0.851. The van der Waals surface area contributed by atoms with Gasteiger partial charge in [-0.25, -0.2) is 0 Å². The van der Waals surface area contributed by atoms with Gasteiger partial charge in [-0.15, -0.1) is 11.3 Å². The molecular formula is C11H19ClN2S. The summed E-state index contributed by atoms with van der Waals surface area (Å²) in [5, 5.41) is 0. The molecule has 0 saturated heterocycles. The molecule has 1 unspecified atom stereocenters. The molecular weight excluding hydrogens is 228 g/mol. The van der Waals surface area contributed by atoms with Crippen LogP contribution in [0.3, 0.4) is 0 Å².